The van der Waals surface area contributed by atoms with Crippen molar-refractivity contribution in [2.45, 2.75) is 33.2 Å². The number of carbonyl (C=O) groups is 2. The number of hydrogen-bond acceptors (Lipinski definition) is 7. The zero-order valence-electron chi connectivity index (χ0n) is 15.8. The van der Waals surface area contributed by atoms with Crippen LogP contribution in [0.4, 0.5) is 0 Å². The summed E-state index contributed by atoms with van der Waals surface area (Å²) in [4.78, 5) is 31.5. The van der Waals surface area contributed by atoms with Crippen molar-refractivity contribution in [2.24, 2.45) is 0 Å². The van der Waals surface area contributed by atoms with Crippen molar-refractivity contribution in [3.05, 3.63) is 35.3 Å². The minimum absolute atomic E-state index is 0.131. The third kappa shape index (κ3) is 4.04. The molecule has 7 nitrogen and oxygen atoms in total. The summed E-state index contributed by atoms with van der Waals surface area (Å²) >= 11 is 0. The van der Waals surface area contributed by atoms with Crippen molar-refractivity contribution in [1.82, 2.24) is 9.88 Å². The van der Waals surface area contributed by atoms with E-state index in [2.05, 4.69) is 4.98 Å². The second-order valence-electron chi connectivity index (χ2n) is 5.84. The molecule has 0 amide bonds. The summed E-state index contributed by atoms with van der Waals surface area (Å²) < 4.78 is 15.6. The molecule has 0 saturated heterocycles. The molecule has 142 valence electrons. The molecule has 1 aliphatic rings. The van der Waals surface area contributed by atoms with Gasteiger partial charge in [0.25, 0.3) is 0 Å². The summed E-state index contributed by atoms with van der Waals surface area (Å²) in [5, 5.41) is 0. The normalized spacial score (nSPS) is 16.3. The Hall–Kier alpha value is -2.41. The Morgan fingerprint density at radius 3 is 2.54 bits per heavy atom. The number of aromatic nitrogens is 1. The van der Waals surface area contributed by atoms with Crippen LogP contribution in [0.2, 0.25) is 0 Å². The third-order valence-corrected chi connectivity index (χ3v) is 4.26. The lowest BCUT2D eigenvalue weighted by molar-refractivity contribution is -0.142. The molecule has 0 aliphatic carbocycles. The SMILES string of the molecule is CCOC(=O)C1=C(C(=O)OCC)N(CCCOC)C(C)c2cnccc21. The maximum atomic E-state index is 12.7. The summed E-state index contributed by atoms with van der Waals surface area (Å²) in [5.74, 6) is -1.06. The van der Waals surface area contributed by atoms with Crippen LogP contribution in [0.25, 0.3) is 5.57 Å². The van der Waals surface area contributed by atoms with Crippen LogP contribution in [-0.4, -0.2) is 55.3 Å². The van der Waals surface area contributed by atoms with Crippen LogP contribution in [0.1, 0.15) is 44.4 Å². The van der Waals surface area contributed by atoms with Gasteiger partial charge in [0.1, 0.15) is 5.70 Å². The van der Waals surface area contributed by atoms with Gasteiger partial charge in [0.05, 0.1) is 24.8 Å². The molecule has 0 saturated carbocycles. The van der Waals surface area contributed by atoms with Crippen LogP contribution in [0, 0.1) is 0 Å². The van der Waals surface area contributed by atoms with E-state index in [-0.39, 0.29) is 30.5 Å². The summed E-state index contributed by atoms with van der Waals surface area (Å²) in [6.07, 6.45) is 4.04. The van der Waals surface area contributed by atoms with E-state index in [9.17, 15) is 9.59 Å². The van der Waals surface area contributed by atoms with Crippen molar-refractivity contribution in [3.63, 3.8) is 0 Å². The van der Waals surface area contributed by atoms with Gasteiger partial charge in [-0.15, -0.1) is 0 Å². The van der Waals surface area contributed by atoms with Gasteiger partial charge in [-0.05, 0) is 38.8 Å². The molecule has 1 unspecified atom stereocenters. The second-order valence-corrected chi connectivity index (χ2v) is 5.84. The lowest BCUT2D eigenvalue weighted by Gasteiger charge is -2.38. The first-order valence-corrected chi connectivity index (χ1v) is 8.85. The number of pyridine rings is 1. The lowest BCUT2D eigenvalue weighted by atomic mass is 9.89. The number of hydrogen-bond donors (Lipinski definition) is 0. The summed E-state index contributed by atoms with van der Waals surface area (Å²) in [5.41, 5.74) is 2.02. The molecule has 1 atom stereocenters. The van der Waals surface area contributed by atoms with Crippen LogP contribution in [-0.2, 0) is 23.8 Å². The molecular weight excluding hydrogens is 336 g/mol. The fourth-order valence-electron chi connectivity index (χ4n) is 3.11. The Morgan fingerprint density at radius 2 is 1.88 bits per heavy atom. The molecule has 0 N–H and O–H groups in total. The van der Waals surface area contributed by atoms with Crippen molar-refractivity contribution in [2.75, 3.05) is 33.5 Å². The number of ether oxygens (including phenoxy) is 3. The van der Waals surface area contributed by atoms with Gasteiger partial charge in [0.15, 0.2) is 0 Å². The fraction of sp³-hybridized carbons (Fsp3) is 0.526. The zero-order valence-corrected chi connectivity index (χ0v) is 15.8. The monoisotopic (exact) mass is 362 g/mol. The average Bonchev–Trinajstić information content (AvgIpc) is 2.63. The quantitative estimate of drug-likeness (QED) is 0.519. The highest BCUT2D eigenvalue weighted by atomic mass is 16.5. The molecular formula is C19H26N2O5. The van der Waals surface area contributed by atoms with E-state index in [0.717, 1.165) is 5.56 Å². The molecule has 0 radical (unpaired) electrons. The van der Waals surface area contributed by atoms with E-state index >= 15 is 0 Å². The first-order valence-electron chi connectivity index (χ1n) is 8.85. The van der Waals surface area contributed by atoms with Gasteiger partial charge < -0.3 is 19.1 Å². The topological polar surface area (TPSA) is 78.0 Å². The van der Waals surface area contributed by atoms with E-state index < -0.39 is 11.9 Å². The number of methoxy groups -OCH3 is 1. The average molecular weight is 362 g/mol. The number of fused-ring (bicyclic) bond motifs is 1. The number of nitrogens with zero attached hydrogens (tertiary/aromatic N) is 2. The summed E-state index contributed by atoms with van der Waals surface area (Å²) in [6, 6.07) is 1.61. The lowest BCUT2D eigenvalue weighted by Crippen LogP contribution is -2.38. The largest absolute Gasteiger partial charge is 0.462 e. The van der Waals surface area contributed by atoms with E-state index in [1.807, 2.05) is 11.8 Å². The third-order valence-electron chi connectivity index (χ3n) is 4.26. The minimum atomic E-state index is -0.536. The fourth-order valence-corrected chi connectivity index (χ4v) is 3.11. The van der Waals surface area contributed by atoms with Crippen molar-refractivity contribution in [1.29, 1.82) is 0 Å². The van der Waals surface area contributed by atoms with Gasteiger partial charge in [0.2, 0.25) is 0 Å². The number of rotatable bonds is 8. The van der Waals surface area contributed by atoms with Crippen LogP contribution in [0.15, 0.2) is 24.2 Å². The van der Waals surface area contributed by atoms with E-state index in [0.29, 0.717) is 25.1 Å². The smallest absolute Gasteiger partial charge is 0.355 e. The predicted molar refractivity (Wildman–Crippen MR) is 96.0 cm³/mol. The second kappa shape index (κ2) is 9.33. The van der Waals surface area contributed by atoms with Crippen LogP contribution >= 0.6 is 0 Å². The maximum Gasteiger partial charge on any atom is 0.355 e. The molecule has 7 heteroatoms. The van der Waals surface area contributed by atoms with E-state index in [4.69, 9.17) is 14.2 Å². The Balaban J connectivity index is 2.61. The van der Waals surface area contributed by atoms with Crippen LogP contribution in [0.5, 0.6) is 0 Å². The van der Waals surface area contributed by atoms with Gasteiger partial charge in [-0.3, -0.25) is 4.98 Å². The molecule has 2 rings (SSSR count). The molecule has 2 heterocycles. The predicted octanol–water partition coefficient (Wildman–Crippen LogP) is 2.33. The highest BCUT2D eigenvalue weighted by Gasteiger charge is 2.38. The molecule has 26 heavy (non-hydrogen) atoms. The maximum absolute atomic E-state index is 12.7. The number of esters is 2. The van der Waals surface area contributed by atoms with Crippen molar-refractivity contribution >= 4 is 17.5 Å². The summed E-state index contributed by atoms with van der Waals surface area (Å²) in [7, 11) is 1.63. The molecule has 1 aliphatic heterocycles. The van der Waals surface area contributed by atoms with Crippen molar-refractivity contribution in [3.8, 4) is 0 Å². The Morgan fingerprint density at radius 1 is 1.19 bits per heavy atom. The minimum Gasteiger partial charge on any atom is -0.462 e. The first-order chi connectivity index (χ1) is 12.6. The Labute approximate surface area is 153 Å². The number of carbonyl (C=O) groups excluding carboxylic acids is 2. The van der Waals surface area contributed by atoms with Gasteiger partial charge in [-0.2, -0.15) is 0 Å². The van der Waals surface area contributed by atoms with Crippen molar-refractivity contribution < 1.29 is 23.8 Å². The molecule has 0 bridgehead atoms. The highest BCUT2D eigenvalue weighted by Crippen LogP contribution is 2.39. The first kappa shape index (κ1) is 19.9. The molecule has 1 aromatic heterocycles. The van der Waals surface area contributed by atoms with Gasteiger partial charge in [-0.1, -0.05) is 0 Å². The Kier molecular flexibility index (Phi) is 7.15. The van der Waals surface area contributed by atoms with Crippen LogP contribution < -0.4 is 0 Å². The molecule has 0 aromatic carbocycles. The zero-order chi connectivity index (χ0) is 19.1. The van der Waals surface area contributed by atoms with Gasteiger partial charge >= 0.3 is 11.9 Å². The Bertz CT molecular complexity index is 686. The molecule has 0 spiro atoms. The van der Waals surface area contributed by atoms with Crippen LogP contribution in [0.3, 0.4) is 0 Å². The standard InChI is InChI=1S/C19H26N2O5/c1-5-25-18(22)16-14-8-9-20-12-15(14)13(3)21(10-7-11-24-4)17(16)19(23)26-6-2/h8-9,12-13H,5-7,10-11H2,1-4H3. The molecule has 0 fully saturated rings. The van der Waals surface area contributed by atoms with E-state index in [1.165, 1.54) is 0 Å². The molecule has 1 aromatic rings. The van der Waals surface area contributed by atoms with Gasteiger partial charge in [-0.25, -0.2) is 9.59 Å². The summed E-state index contributed by atoms with van der Waals surface area (Å²) in [6.45, 7) is 6.99. The van der Waals surface area contributed by atoms with Gasteiger partial charge in [0, 0.05) is 38.2 Å². The van der Waals surface area contributed by atoms with E-state index in [1.54, 1.807) is 39.4 Å². The highest BCUT2D eigenvalue weighted by molar-refractivity contribution is 6.23.